The number of amides is 1. The van der Waals surface area contributed by atoms with Crippen molar-refractivity contribution in [3.8, 4) is 0 Å². The van der Waals surface area contributed by atoms with E-state index in [0.717, 1.165) is 15.8 Å². The molecule has 0 aliphatic heterocycles. The van der Waals surface area contributed by atoms with Crippen LogP contribution in [0.2, 0.25) is 0 Å². The molecule has 1 unspecified atom stereocenters. The van der Waals surface area contributed by atoms with Crippen LogP contribution in [-0.2, 0) is 21.9 Å². The van der Waals surface area contributed by atoms with E-state index in [9.17, 15) is 18.0 Å². The van der Waals surface area contributed by atoms with Crippen LogP contribution in [0, 0.1) is 6.92 Å². The molecule has 0 spiro atoms. The highest BCUT2D eigenvalue weighted by molar-refractivity contribution is 7.98. The number of nitrogens with one attached hydrogen (secondary N) is 2. The summed E-state index contributed by atoms with van der Waals surface area (Å²) in [4.78, 5) is 29.0. The fourth-order valence-corrected chi connectivity index (χ4v) is 5.98. The van der Waals surface area contributed by atoms with Gasteiger partial charge in [0.15, 0.2) is 10.7 Å². The zero-order valence-corrected chi connectivity index (χ0v) is 20.6. The highest BCUT2D eigenvalue weighted by Gasteiger charge is 2.27. The maximum absolute atomic E-state index is 13.0. The van der Waals surface area contributed by atoms with E-state index in [0.29, 0.717) is 22.8 Å². The average molecular weight is 507 g/mol. The summed E-state index contributed by atoms with van der Waals surface area (Å²) < 4.78 is 35.9. The number of aryl methyl sites for hydroxylation is 2. The van der Waals surface area contributed by atoms with Crippen molar-refractivity contribution in [2.45, 2.75) is 24.3 Å². The number of aromatic nitrogens is 2. The molecule has 0 aliphatic carbocycles. The molecule has 9 nitrogen and oxygen atoms in total. The Bertz CT molecular complexity index is 1500. The van der Waals surface area contributed by atoms with Gasteiger partial charge >= 0.3 is 5.76 Å². The van der Waals surface area contributed by atoms with Crippen LogP contribution in [0.15, 0.2) is 50.5 Å². The van der Waals surface area contributed by atoms with Crippen LogP contribution in [0.1, 0.15) is 12.0 Å². The van der Waals surface area contributed by atoms with Crippen molar-refractivity contribution in [2.75, 3.05) is 17.3 Å². The number of thioether (sulfide) groups is 1. The minimum absolute atomic E-state index is 0.0956. The number of anilines is 1. The lowest BCUT2D eigenvalue weighted by atomic mass is 10.2. The fraction of sp³-hybridized carbons (Fsp3) is 0.286. The van der Waals surface area contributed by atoms with Gasteiger partial charge in [-0.1, -0.05) is 17.4 Å². The van der Waals surface area contributed by atoms with Crippen LogP contribution in [0.4, 0.5) is 5.13 Å². The van der Waals surface area contributed by atoms with Gasteiger partial charge in [-0.2, -0.15) is 16.5 Å². The SMILES string of the molecule is CSCCC(NS(=O)(=O)c1ccc2c(c1)oc(=O)n2C)C(=O)Nc1nc2ccc(C)cc2s1. The molecule has 0 radical (unpaired) electrons. The smallest absolute Gasteiger partial charge is 0.408 e. The summed E-state index contributed by atoms with van der Waals surface area (Å²) in [7, 11) is -2.53. The van der Waals surface area contributed by atoms with Crippen molar-refractivity contribution in [1.82, 2.24) is 14.3 Å². The first-order valence-electron chi connectivity index (χ1n) is 9.97. The van der Waals surface area contributed by atoms with Gasteiger partial charge in [-0.25, -0.2) is 18.2 Å². The molecule has 4 rings (SSSR count). The molecule has 0 aliphatic rings. The number of thiazole rings is 1. The van der Waals surface area contributed by atoms with Crippen LogP contribution in [0.3, 0.4) is 0 Å². The van der Waals surface area contributed by atoms with Gasteiger partial charge < -0.3 is 9.73 Å². The van der Waals surface area contributed by atoms with Crippen LogP contribution in [-0.4, -0.2) is 41.9 Å². The van der Waals surface area contributed by atoms with E-state index >= 15 is 0 Å². The minimum Gasteiger partial charge on any atom is -0.408 e. The van der Waals surface area contributed by atoms with E-state index in [2.05, 4.69) is 15.0 Å². The lowest BCUT2D eigenvalue weighted by Gasteiger charge is -2.17. The number of carbonyl (C=O) groups is 1. The van der Waals surface area contributed by atoms with Gasteiger partial charge in [-0.15, -0.1) is 0 Å². The van der Waals surface area contributed by atoms with Gasteiger partial charge in [0.2, 0.25) is 15.9 Å². The van der Waals surface area contributed by atoms with Crippen LogP contribution in [0.25, 0.3) is 21.3 Å². The van der Waals surface area contributed by atoms with Crippen LogP contribution < -0.4 is 15.8 Å². The maximum atomic E-state index is 13.0. The molecule has 2 aromatic carbocycles. The van der Waals surface area contributed by atoms with Gasteiger partial charge in [0, 0.05) is 13.1 Å². The Balaban J connectivity index is 1.58. The quantitative estimate of drug-likeness (QED) is 0.376. The number of fused-ring (bicyclic) bond motifs is 2. The van der Waals surface area contributed by atoms with Crippen molar-refractivity contribution in [1.29, 1.82) is 0 Å². The van der Waals surface area contributed by atoms with Gasteiger partial charge in [0.1, 0.15) is 6.04 Å². The van der Waals surface area contributed by atoms with Gasteiger partial charge in [0.25, 0.3) is 0 Å². The number of nitrogens with zero attached hydrogens (tertiary/aromatic N) is 2. The van der Waals surface area contributed by atoms with Crippen LogP contribution in [0.5, 0.6) is 0 Å². The normalized spacial score (nSPS) is 12.9. The lowest BCUT2D eigenvalue weighted by Crippen LogP contribution is -2.44. The molecule has 2 heterocycles. The molecule has 12 heteroatoms. The van der Waals surface area contributed by atoms with Crippen molar-refractivity contribution < 1.29 is 17.6 Å². The molecule has 2 N–H and O–H groups in total. The molecule has 0 fully saturated rings. The van der Waals surface area contributed by atoms with E-state index < -0.39 is 27.7 Å². The second-order valence-corrected chi connectivity index (χ2v) is 11.2. The molecule has 1 amide bonds. The van der Waals surface area contributed by atoms with E-state index in [-0.39, 0.29) is 10.5 Å². The number of rotatable bonds is 8. The monoisotopic (exact) mass is 506 g/mol. The third kappa shape index (κ3) is 4.98. The number of benzene rings is 2. The number of oxazole rings is 1. The molecule has 0 saturated heterocycles. The summed E-state index contributed by atoms with van der Waals surface area (Å²) in [5.41, 5.74) is 2.47. The Hall–Kier alpha value is -2.67. The Morgan fingerprint density at radius 1 is 1.27 bits per heavy atom. The summed E-state index contributed by atoms with van der Waals surface area (Å²) in [5, 5.41) is 3.15. The zero-order valence-electron chi connectivity index (χ0n) is 18.1. The Morgan fingerprint density at radius 2 is 2.06 bits per heavy atom. The van der Waals surface area contributed by atoms with Crippen molar-refractivity contribution in [3.05, 3.63) is 52.5 Å². The van der Waals surface area contributed by atoms with Crippen molar-refractivity contribution in [2.24, 2.45) is 7.05 Å². The van der Waals surface area contributed by atoms with E-state index in [1.807, 2.05) is 31.4 Å². The first-order chi connectivity index (χ1) is 15.7. The molecular weight excluding hydrogens is 484 g/mol. The summed E-state index contributed by atoms with van der Waals surface area (Å²) >= 11 is 2.84. The highest BCUT2D eigenvalue weighted by atomic mass is 32.2. The predicted molar refractivity (Wildman–Crippen MR) is 132 cm³/mol. The van der Waals surface area contributed by atoms with Gasteiger partial charge in [-0.3, -0.25) is 9.36 Å². The Morgan fingerprint density at radius 3 is 2.82 bits per heavy atom. The van der Waals surface area contributed by atoms with E-state index in [1.165, 1.54) is 52.9 Å². The maximum Gasteiger partial charge on any atom is 0.419 e. The minimum atomic E-state index is -4.06. The molecular formula is C21H22N4O5S3. The highest BCUT2D eigenvalue weighted by Crippen LogP contribution is 2.27. The van der Waals surface area contributed by atoms with E-state index in [1.54, 1.807) is 0 Å². The molecule has 0 bridgehead atoms. The summed E-state index contributed by atoms with van der Waals surface area (Å²) in [6.45, 7) is 1.97. The second kappa shape index (κ2) is 9.29. The fourth-order valence-electron chi connectivity index (χ4n) is 3.29. The standard InChI is InChI=1S/C21H22N4O5S3/c1-12-4-6-14-18(10-12)32-20(22-14)23-19(26)15(8-9-31-3)24-33(28,29)13-5-7-16-17(11-13)30-21(27)25(16)2/h4-7,10-11,15,24H,8-9H2,1-3H3,(H,22,23,26). The largest absolute Gasteiger partial charge is 0.419 e. The van der Waals surface area contributed by atoms with Gasteiger partial charge in [-0.05, 0) is 55.2 Å². The summed E-state index contributed by atoms with van der Waals surface area (Å²) in [5.74, 6) is -0.502. The number of hydrogen-bond acceptors (Lipinski definition) is 8. The first-order valence-corrected chi connectivity index (χ1v) is 13.7. The molecule has 174 valence electrons. The Kier molecular flexibility index (Phi) is 6.61. The zero-order chi connectivity index (χ0) is 23.8. The molecule has 4 aromatic rings. The first kappa shape index (κ1) is 23.5. The topological polar surface area (TPSA) is 123 Å². The summed E-state index contributed by atoms with van der Waals surface area (Å²) in [6, 6.07) is 8.94. The third-order valence-electron chi connectivity index (χ3n) is 5.07. The number of carbonyl (C=O) groups excluding carboxylic acids is 1. The molecule has 1 atom stereocenters. The molecule has 0 saturated carbocycles. The second-order valence-electron chi connectivity index (χ2n) is 7.49. The third-order valence-corrected chi connectivity index (χ3v) is 8.12. The van der Waals surface area contributed by atoms with Gasteiger partial charge in [0.05, 0.1) is 20.6 Å². The van der Waals surface area contributed by atoms with Crippen LogP contribution >= 0.6 is 23.1 Å². The lowest BCUT2D eigenvalue weighted by molar-refractivity contribution is -0.117. The van der Waals surface area contributed by atoms with Crippen molar-refractivity contribution >= 4 is 65.5 Å². The predicted octanol–water partition coefficient (Wildman–Crippen LogP) is 3.09. The molecule has 33 heavy (non-hydrogen) atoms. The van der Waals surface area contributed by atoms with E-state index in [4.69, 9.17) is 4.42 Å². The summed E-state index contributed by atoms with van der Waals surface area (Å²) in [6.07, 6.45) is 2.17. The number of hydrogen-bond donors (Lipinski definition) is 2. The number of sulfonamides is 1. The molecule has 2 aromatic heterocycles. The average Bonchev–Trinajstić information content (AvgIpc) is 3.29. The Labute approximate surface area is 198 Å². The van der Waals surface area contributed by atoms with Crippen molar-refractivity contribution in [3.63, 3.8) is 0 Å².